The van der Waals surface area contributed by atoms with E-state index < -0.39 is 26.0 Å². The van der Waals surface area contributed by atoms with Crippen LogP contribution in [0.3, 0.4) is 0 Å². The molecule has 1 aliphatic heterocycles. The largest absolute Gasteiger partial charge is 0.497 e. The molecular weight excluding hydrogens is 504 g/mol. The molecule has 2 N–H and O–H groups in total. The van der Waals surface area contributed by atoms with Crippen molar-refractivity contribution < 1.29 is 26.4 Å². The molecule has 2 heterocycles. The first-order valence-corrected chi connectivity index (χ1v) is 14.1. The Labute approximate surface area is 210 Å². The van der Waals surface area contributed by atoms with Gasteiger partial charge < -0.3 is 10.1 Å². The molecule has 0 radical (unpaired) electrons. The Morgan fingerprint density at radius 1 is 0.972 bits per heavy atom. The van der Waals surface area contributed by atoms with Crippen LogP contribution in [0, 0.1) is 5.92 Å². The number of methoxy groups -OCH3 is 1. The summed E-state index contributed by atoms with van der Waals surface area (Å²) in [6, 6.07) is 15.1. The van der Waals surface area contributed by atoms with E-state index in [-0.39, 0.29) is 22.2 Å². The van der Waals surface area contributed by atoms with Crippen LogP contribution in [0.5, 0.6) is 5.75 Å². The Hall–Kier alpha value is -3.48. The predicted molar refractivity (Wildman–Crippen MR) is 135 cm³/mol. The number of carbonyl (C=O) groups excluding carboxylic acids is 1. The summed E-state index contributed by atoms with van der Waals surface area (Å²) in [6.45, 7) is 0.385. The van der Waals surface area contributed by atoms with Crippen LogP contribution < -0.4 is 14.8 Å². The van der Waals surface area contributed by atoms with Crippen molar-refractivity contribution in [2.24, 2.45) is 5.92 Å². The highest BCUT2D eigenvalue weighted by Crippen LogP contribution is 2.26. The lowest BCUT2D eigenvalue weighted by Gasteiger charge is -2.31. The summed E-state index contributed by atoms with van der Waals surface area (Å²) >= 11 is 0. The fraction of sp³-hybridized carbons (Fsp3) is 0.250. The molecule has 2 aromatic carbocycles. The van der Waals surface area contributed by atoms with E-state index in [9.17, 15) is 21.6 Å². The smallest absolute Gasteiger partial charge is 0.261 e. The lowest BCUT2D eigenvalue weighted by Crippen LogP contribution is -2.43. The topological polar surface area (TPSA) is 135 Å². The van der Waals surface area contributed by atoms with Crippen molar-refractivity contribution in [1.82, 2.24) is 9.29 Å². The van der Waals surface area contributed by atoms with Crippen molar-refractivity contribution in [3.63, 3.8) is 0 Å². The molecule has 3 aromatic rings. The third-order valence-corrected chi connectivity index (χ3v) is 9.07. The molecule has 0 saturated carbocycles. The van der Waals surface area contributed by atoms with Gasteiger partial charge in [-0.15, -0.1) is 0 Å². The molecule has 36 heavy (non-hydrogen) atoms. The first kappa shape index (κ1) is 25.6. The summed E-state index contributed by atoms with van der Waals surface area (Å²) in [5.41, 5.74) is 0.747. The quantitative estimate of drug-likeness (QED) is 0.457. The van der Waals surface area contributed by atoms with Crippen molar-refractivity contribution in [3.8, 4) is 5.75 Å². The Morgan fingerprint density at radius 2 is 1.67 bits per heavy atom. The average molecular weight is 531 g/mol. The number of ether oxygens (including phenoxy) is 1. The van der Waals surface area contributed by atoms with Crippen molar-refractivity contribution in [2.45, 2.75) is 22.6 Å². The molecule has 0 spiro atoms. The van der Waals surface area contributed by atoms with Gasteiger partial charge in [0.15, 0.2) is 0 Å². The van der Waals surface area contributed by atoms with E-state index in [0.717, 1.165) is 0 Å². The zero-order valence-electron chi connectivity index (χ0n) is 19.5. The minimum absolute atomic E-state index is 0.0266. The number of sulfonamides is 2. The van der Waals surface area contributed by atoms with Gasteiger partial charge in [0.05, 0.1) is 34.7 Å². The average Bonchev–Trinajstić information content (AvgIpc) is 2.89. The first-order valence-electron chi connectivity index (χ1n) is 11.2. The predicted octanol–water partition coefficient (Wildman–Crippen LogP) is 2.93. The van der Waals surface area contributed by atoms with Gasteiger partial charge in [-0.1, -0.05) is 0 Å². The number of carbonyl (C=O) groups is 1. The second-order valence-electron chi connectivity index (χ2n) is 8.24. The molecule has 0 unspecified atom stereocenters. The number of benzene rings is 2. The van der Waals surface area contributed by atoms with Gasteiger partial charge in [-0.05, 0) is 73.5 Å². The molecule has 190 valence electrons. The zero-order chi connectivity index (χ0) is 25.8. The third-order valence-electron chi connectivity index (χ3n) is 5.80. The molecule has 12 heteroatoms. The second kappa shape index (κ2) is 10.6. The lowest BCUT2D eigenvalue weighted by molar-refractivity contribution is -0.120. The fourth-order valence-electron chi connectivity index (χ4n) is 3.87. The van der Waals surface area contributed by atoms with Crippen LogP contribution in [0.4, 0.5) is 11.4 Å². The van der Waals surface area contributed by atoms with Crippen LogP contribution in [0.15, 0.2) is 82.8 Å². The minimum atomic E-state index is -3.82. The van der Waals surface area contributed by atoms with E-state index in [2.05, 4.69) is 15.0 Å². The fourth-order valence-corrected chi connectivity index (χ4v) is 6.44. The van der Waals surface area contributed by atoms with Crippen LogP contribution in [0.1, 0.15) is 12.8 Å². The molecule has 0 aliphatic carbocycles. The van der Waals surface area contributed by atoms with E-state index in [0.29, 0.717) is 36.5 Å². The van der Waals surface area contributed by atoms with Gasteiger partial charge in [0.1, 0.15) is 5.75 Å². The second-order valence-corrected chi connectivity index (χ2v) is 11.9. The molecular formula is C24H26N4O6S2. The molecule has 1 saturated heterocycles. The number of hydrogen-bond donors (Lipinski definition) is 2. The molecule has 1 aromatic heterocycles. The van der Waals surface area contributed by atoms with E-state index in [1.807, 2.05) is 0 Å². The Kier molecular flexibility index (Phi) is 7.57. The van der Waals surface area contributed by atoms with Gasteiger partial charge in [0.25, 0.3) is 10.0 Å². The Morgan fingerprint density at radius 3 is 2.31 bits per heavy atom. The summed E-state index contributed by atoms with van der Waals surface area (Å²) in [7, 11) is -6.07. The summed E-state index contributed by atoms with van der Waals surface area (Å²) < 4.78 is 60.1. The number of aromatic nitrogens is 1. The molecule has 4 rings (SSSR count). The maximum absolute atomic E-state index is 13.1. The Bertz CT molecular complexity index is 1410. The van der Waals surface area contributed by atoms with E-state index >= 15 is 0 Å². The SMILES string of the molecule is COc1ccc(S(=O)(=O)N2CCC[C@@H](C(=O)Nc3ccc(S(=O)(=O)Nc4cccnc4)cc3)C2)cc1. The van der Waals surface area contributed by atoms with Gasteiger partial charge in [0, 0.05) is 25.0 Å². The molecule has 0 bridgehead atoms. The van der Waals surface area contributed by atoms with E-state index in [1.165, 1.54) is 60.2 Å². The summed E-state index contributed by atoms with van der Waals surface area (Å²) in [5.74, 6) is -0.312. The number of piperidine rings is 1. The molecule has 1 aliphatic rings. The van der Waals surface area contributed by atoms with Crippen molar-refractivity contribution in [2.75, 3.05) is 30.2 Å². The van der Waals surface area contributed by atoms with Crippen LogP contribution in [0.25, 0.3) is 0 Å². The van der Waals surface area contributed by atoms with Gasteiger partial charge in [-0.25, -0.2) is 16.8 Å². The van der Waals surface area contributed by atoms with Crippen LogP contribution in [-0.2, 0) is 24.8 Å². The highest BCUT2D eigenvalue weighted by molar-refractivity contribution is 7.92. The molecule has 1 amide bonds. The number of hydrogen-bond acceptors (Lipinski definition) is 7. The van der Waals surface area contributed by atoms with Gasteiger partial charge in [0.2, 0.25) is 15.9 Å². The number of amides is 1. The molecule has 10 nitrogen and oxygen atoms in total. The summed E-state index contributed by atoms with van der Waals surface area (Å²) in [6.07, 6.45) is 4.02. The number of anilines is 2. The summed E-state index contributed by atoms with van der Waals surface area (Å²) in [5, 5.41) is 2.76. The maximum Gasteiger partial charge on any atom is 0.261 e. The van der Waals surface area contributed by atoms with Crippen molar-refractivity contribution in [3.05, 3.63) is 73.1 Å². The van der Waals surface area contributed by atoms with Gasteiger partial charge in [-0.2, -0.15) is 4.31 Å². The molecule has 1 atom stereocenters. The van der Waals surface area contributed by atoms with Gasteiger partial charge in [-0.3, -0.25) is 14.5 Å². The Balaban J connectivity index is 1.40. The van der Waals surface area contributed by atoms with Crippen LogP contribution in [0.2, 0.25) is 0 Å². The highest BCUT2D eigenvalue weighted by Gasteiger charge is 2.33. The molecule has 1 fully saturated rings. The van der Waals surface area contributed by atoms with Crippen molar-refractivity contribution in [1.29, 1.82) is 0 Å². The number of pyridine rings is 1. The minimum Gasteiger partial charge on any atom is -0.497 e. The van der Waals surface area contributed by atoms with E-state index in [4.69, 9.17) is 4.74 Å². The van der Waals surface area contributed by atoms with Crippen LogP contribution >= 0.6 is 0 Å². The number of nitrogens with one attached hydrogen (secondary N) is 2. The zero-order valence-corrected chi connectivity index (χ0v) is 21.1. The maximum atomic E-state index is 13.1. The lowest BCUT2D eigenvalue weighted by atomic mass is 9.99. The number of nitrogens with zero attached hydrogens (tertiary/aromatic N) is 2. The highest BCUT2D eigenvalue weighted by atomic mass is 32.2. The first-order chi connectivity index (χ1) is 17.2. The van der Waals surface area contributed by atoms with Crippen LogP contribution in [-0.4, -0.2) is 52.2 Å². The van der Waals surface area contributed by atoms with Crippen molar-refractivity contribution >= 4 is 37.3 Å². The summed E-state index contributed by atoms with van der Waals surface area (Å²) in [4.78, 5) is 16.9. The monoisotopic (exact) mass is 530 g/mol. The third kappa shape index (κ3) is 5.83. The number of rotatable bonds is 8. The van der Waals surface area contributed by atoms with Gasteiger partial charge >= 0.3 is 0 Å². The van der Waals surface area contributed by atoms with E-state index in [1.54, 1.807) is 24.3 Å². The normalized spacial score (nSPS) is 16.8. The standard InChI is InChI=1S/C24H26N4O6S2/c1-34-21-8-12-23(13-9-21)36(32,33)28-15-3-4-18(17-28)24(29)26-19-6-10-22(11-7-19)35(30,31)27-20-5-2-14-25-16-20/h2,5-14,16,18,27H,3-4,15,17H2,1H3,(H,26,29)/t18-/m1/s1.